The molecule has 0 aliphatic rings. The van der Waals surface area contributed by atoms with Crippen LogP contribution in [-0.2, 0) is 4.74 Å². The van der Waals surface area contributed by atoms with Gasteiger partial charge in [-0.25, -0.2) is 0 Å². The van der Waals surface area contributed by atoms with Crippen molar-refractivity contribution in [3.8, 4) is 0 Å². The number of hydrogen-bond acceptors (Lipinski definition) is 1. The van der Waals surface area contributed by atoms with Gasteiger partial charge < -0.3 is 0 Å². The van der Waals surface area contributed by atoms with E-state index in [0.717, 1.165) is 0 Å². The van der Waals surface area contributed by atoms with Gasteiger partial charge in [0.2, 0.25) is 0 Å². The third-order valence-corrected chi connectivity index (χ3v) is 5.07. The molecule has 0 fully saturated rings. The fraction of sp³-hybridized carbons (Fsp3) is 1.00. The predicted octanol–water partition coefficient (Wildman–Crippen LogP) is 2.56. The van der Waals surface area contributed by atoms with E-state index in [1.807, 2.05) is 0 Å². The molecule has 0 aliphatic heterocycles. The molecule has 0 radical (unpaired) electrons. The third-order valence-electron chi connectivity index (χ3n) is 2.25. The van der Waals surface area contributed by atoms with E-state index in [1.54, 1.807) is 0 Å². The molecule has 0 bridgehead atoms. The third kappa shape index (κ3) is 4.58. The molecule has 2 unspecified atom stereocenters. The van der Waals surface area contributed by atoms with Gasteiger partial charge in [0.1, 0.15) is 0 Å². The van der Waals surface area contributed by atoms with Crippen molar-refractivity contribution in [3.05, 3.63) is 0 Å². The Bertz CT molecular complexity index is 445. The van der Waals surface area contributed by atoms with Gasteiger partial charge in [-0.2, -0.15) is 0 Å². The summed E-state index contributed by atoms with van der Waals surface area (Å²) in [6.07, 6.45) is -12.3. The van der Waals surface area contributed by atoms with Crippen molar-refractivity contribution in [2.45, 2.75) is 45.4 Å². The van der Waals surface area contributed by atoms with E-state index in [9.17, 15) is 51.2 Å². The standard InChI is InChI=1S/C8H4Cl2F12IO/c1-3(11,12)8(20,21)24-5(15,16)2(23-22)4(13,14)6(9,17)7(10,18)19/h2H,1H3/q-1. The zero-order valence-corrected chi connectivity index (χ0v) is 14.3. The van der Waals surface area contributed by atoms with Gasteiger partial charge >= 0.3 is 146 Å². The van der Waals surface area contributed by atoms with E-state index >= 15 is 0 Å². The Hall–Kier alpha value is 0.430. The summed E-state index contributed by atoms with van der Waals surface area (Å²) in [6.45, 7) is -0.658. The normalized spacial score (nSPS) is 19.3. The van der Waals surface area contributed by atoms with E-state index < -0.39 is 67.2 Å². The average Bonchev–Trinajstić information content (AvgIpc) is 2.23. The van der Waals surface area contributed by atoms with Crippen LogP contribution < -0.4 is 21.8 Å². The van der Waals surface area contributed by atoms with E-state index in [-0.39, 0.29) is 0 Å². The van der Waals surface area contributed by atoms with Crippen LogP contribution >= 0.6 is 23.2 Å². The van der Waals surface area contributed by atoms with Crippen molar-refractivity contribution >= 4 is 23.2 Å². The summed E-state index contributed by atoms with van der Waals surface area (Å²) in [6, 6.07) is 0. The Kier molecular flexibility index (Phi) is 6.99. The molecular formula is C8H4Cl2F12IO-. The second kappa shape index (κ2) is 6.87. The van der Waals surface area contributed by atoms with Gasteiger partial charge in [0.25, 0.3) is 0 Å². The van der Waals surface area contributed by atoms with Crippen LogP contribution in [0.4, 0.5) is 51.2 Å². The Labute approximate surface area is 146 Å². The van der Waals surface area contributed by atoms with Crippen molar-refractivity contribution < 1.29 is 77.7 Å². The summed E-state index contributed by atoms with van der Waals surface area (Å²) in [4.78, 5) is 0. The molecule has 0 amide bonds. The van der Waals surface area contributed by atoms with Gasteiger partial charge in [-0.3, -0.25) is 0 Å². The van der Waals surface area contributed by atoms with Crippen molar-refractivity contribution in [1.29, 1.82) is 0 Å². The van der Waals surface area contributed by atoms with Crippen molar-refractivity contribution in [1.82, 2.24) is 0 Å². The fourth-order valence-electron chi connectivity index (χ4n) is 0.971. The first-order chi connectivity index (χ1) is 10.1. The molecule has 0 spiro atoms. The van der Waals surface area contributed by atoms with E-state index in [2.05, 4.69) is 27.9 Å². The van der Waals surface area contributed by atoms with E-state index in [4.69, 9.17) is 0 Å². The average molecular weight is 542 g/mol. The van der Waals surface area contributed by atoms with Crippen LogP contribution in [0.3, 0.4) is 0 Å². The van der Waals surface area contributed by atoms with Crippen LogP contribution in [0.5, 0.6) is 0 Å². The first kappa shape index (κ1) is 24.4. The van der Waals surface area contributed by atoms with Crippen LogP contribution in [0.1, 0.15) is 6.92 Å². The molecule has 0 aromatic carbocycles. The number of halogens is 15. The summed E-state index contributed by atoms with van der Waals surface area (Å²) < 4.78 is 152. The first-order valence-corrected chi connectivity index (χ1v) is 7.87. The molecule has 24 heavy (non-hydrogen) atoms. The summed E-state index contributed by atoms with van der Waals surface area (Å²) in [5.41, 5.74) is 0. The van der Waals surface area contributed by atoms with Crippen molar-refractivity contribution in [2.24, 2.45) is 0 Å². The van der Waals surface area contributed by atoms with Crippen LogP contribution in [0.2, 0.25) is 0 Å². The summed E-state index contributed by atoms with van der Waals surface area (Å²) in [5.74, 6) is -11.7. The first-order valence-electron chi connectivity index (χ1n) is 5.05. The van der Waals surface area contributed by atoms with Gasteiger partial charge in [-0.1, -0.05) is 0 Å². The molecule has 0 aromatic rings. The fourth-order valence-corrected chi connectivity index (χ4v) is 2.52. The Morgan fingerprint density at radius 2 is 1.21 bits per heavy atom. The predicted molar refractivity (Wildman–Crippen MR) is 51.9 cm³/mol. The number of ether oxygens (including phenoxy) is 1. The van der Waals surface area contributed by atoms with Gasteiger partial charge in [-0.15, -0.1) is 0 Å². The minimum atomic E-state index is -6.29. The van der Waals surface area contributed by atoms with Gasteiger partial charge in [0.05, 0.1) is 0 Å². The monoisotopic (exact) mass is 541 g/mol. The number of alkyl halides is 14. The second-order valence-corrected chi connectivity index (χ2v) is 6.92. The summed E-state index contributed by atoms with van der Waals surface area (Å²) >= 11 is 3.69. The van der Waals surface area contributed by atoms with Crippen LogP contribution in [0, 0.1) is 0 Å². The van der Waals surface area contributed by atoms with Crippen molar-refractivity contribution in [3.63, 3.8) is 0 Å². The zero-order chi connectivity index (χ0) is 20.0. The molecule has 0 saturated carbocycles. The molecule has 0 saturated heterocycles. The quantitative estimate of drug-likeness (QED) is 0.261. The van der Waals surface area contributed by atoms with E-state index in [1.165, 1.54) is 0 Å². The molecule has 0 heterocycles. The zero-order valence-electron chi connectivity index (χ0n) is 10.7. The molecule has 148 valence electrons. The number of hydrogen-bond donors (Lipinski definition) is 0. The molecular weight excluding hydrogens is 538 g/mol. The molecule has 1 nitrogen and oxygen atoms in total. The van der Waals surface area contributed by atoms with Crippen LogP contribution in [0.25, 0.3) is 0 Å². The number of rotatable bonds is 8. The SMILES string of the molecule is CC(F)(F)C(F)(F)OC(F)(F)C([I-]F)C(F)(F)C(F)(Cl)C(F)(F)Cl. The van der Waals surface area contributed by atoms with Crippen molar-refractivity contribution in [2.75, 3.05) is 0 Å². The molecule has 0 aromatic heterocycles. The maximum atomic E-state index is 13.5. The molecule has 0 aliphatic carbocycles. The van der Waals surface area contributed by atoms with Crippen LogP contribution in [-0.4, -0.2) is 38.5 Å². The summed E-state index contributed by atoms with van der Waals surface area (Å²) in [7, 11) is 0. The van der Waals surface area contributed by atoms with Gasteiger partial charge in [0.15, 0.2) is 0 Å². The summed E-state index contributed by atoms with van der Waals surface area (Å²) in [5, 5.41) is -11.6. The maximum absolute atomic E-state index is 13.5. The minimum absolute atomic E-state index is 0.658. The molecule has 0 N–H and O–H groups in total. The van der Waals surface area contributed by atoms with Gasteiger partial charge in [-0.05, 0) is 0 Å². The Balaban J connectivity index is 5.92. The molecule has 16 heteroatoms. The Morgan fingerprint density at radius 3 is 1.46 bits per heavy atom. The topological polar surface area (TPSA) is 9.23 Å². The van der Waals surface area contributed by atoms with Gasteiger partial charge in [0, 0.05) is 0 Å². The second-order valence-electron chi connectivity index (χ2n) is 4.21. The van der Waals surface area contributed by atoms with E-state index in [0.29, 0.717) is 0 Å². The Morgan fingerprint density at radius 1 is 0.833 bits per heavy atom. The van der Waals surface area contributed by atoms with Crippen LogP contribution in [0.15, 0.2) is 0 Å². The molecule has 0 rings (SSSR count). The molecule has 2 atom stereocenters.